The Morgan fingerprint density at radius 3 is 2.57 bits per heavy atom. The minimum Gasteiger partial charge on any atom is -0.481 e. The number of hydrogen-bond donors (Lipinski definition) is 5. The smallest absolute Gasteiger partial charge is 0.321 e. The lowest BCUT2D eigenvalue weighted by Crippen LogP contribution is -2.41. The van der Waals surface area contributed by atoms with Gasteiger partial charge in [0.15, 0.2) is 0 Å². The average Bonchev–Trinajstić information content (AvgIpc) is 2.90. The lowest BCUT2D eigenvalue weighted by molar-refractivity contribution is -0.112. The number of Topliss-reactive ketones (excluding diaryl/α,β-unsaturated/α-hetero) is 1. The van der Waals surface area contributed by atoms with Gasteiger partial charge < -0.3 is 30.8 Å². The molecule has 1 atom stereocenters. The molecule has 0 amide bonds. The second-order valence-electron chi connectivity index (χ2n) is 7.52. The van der Waals surface area contributed by atoms with Crippen LogP contribution in [0.1, 0.15) is 18.4 Å². The molecule has 0 spiro atoms. The van der Waals surface area contributed by atoms with Crippen LogP contribution in [0.2, 0.25) is 0 Å². The Morgan fingerprint density at radius 2 is 1.94 bits per heavy atom. The highest BCUT2D eigenvalue weighted by atomic mass is 16.5. The van der Waals surface area contributed by atoms with Crippen molar-refractivity contribution in [3.05, 3.63) is 72.2 Å². The Morgan fingerprint density at radius 1 is 1.17 bits per heavy atom. The monoisotopic (exact) mass is 475 g/mol. The fourth-order valence-corrected chi connectivity index (χ4v) is 3.39. The van der Waals surface area contributed by atoms with Crippen LogP contribution < -0.4 is 25.4 Å². The van der Waals surface area contributed by atoms with Gasteiger partial charge in [0.25, 0.3) is 0 Å². The summed E-state index contributed by atoms with van der Waals surface area (Å²) in [7, 11) is 4.57. The summed E-state index contributed by atoms with van der Waals surface area (Å²) in [4.78, 5) is 22.0. The second kappa shape index (κ2) is 12.1. The molecule has 1 aromatic heterocycles. The topological polar surface area (TPSA) is 145 Å². The molecule has 1 aliphatic rings. The van der Waals surface area contributed by atoms with Gasteiger partial charge in [-0.1, -0.05) is 36.4 Å². The first-order valence-corrected chi connectivity index (χ1v) is 11.0. The van der Waals surface area contributed by atoms with Gasteiger partial charge in [0.05, 0.1) is 19.9 Å². The first-order valence-electron chi connectivity index (χ1n) is 11.0. The van der Waals surface area contributed by atoms with E-state index in [1.54, 1.807) is 25.5 Å². The van der Waals surface area contributed by atoms with Crippen molar-refractivity contribution in [3.63, 3.8) is 0 Å². The summed E-state index contributed by atoms with van der Waals surface area (Å²) >= 11 is 0. The van der Waals surface area contributed by atoms with Gasteiger partial charge in [-0.25, -0.2) is 0 Å². The first-order chi connectivity index (χ1) is 17.0. The predicted octanol–water partition coefficient (Wildman–Crippen LogP) is 2.92. The molecule has 182 valence electrons. The van der Waals surface area contributed by atoms with Gasteiger partial charge in [-0.05, 0) is 30.7 Å². The van der Waals surface area contributed by atoms with Crippen molar-refractivity contribution < 1.29 is 14.3 Å². The van der Waals surface area contributed by atoms with E-state index in [0.717, 1.165) is 12.1 Å². The third-order valence-corrected chi connectivity index (χ3v) is 5.13. The van der Waals surface area contributed by atoms with Crippen LogP contribution in [0.5, 0.6) is 11.9 Å². The molecule has 10 nitrogen and oxygen atoms in total. The molecule has 0 fully saturated rings. The Balaban J connectivity index is 1.99. The number of carbonyl (C=O) groups excluding carboxylic acids is 1. The number of benzene rings is 1. The summed E-state index contributed by atoms with van der Waals surface area (Å²) in [5.41, 5.74) is 1.63. The largest absolute Gasteiger partial charge is 0.481 e. The maximum Gasteiger partial charge on any atom is 0.321 e. The van der Waals surface area contributed by atoms with E-state index in [9.17, 15) is 4.79 Å². The summed E-state index contributed by atoms with van der Waals surface area (Å²) in [6.07, 6.45) is 8.54. The highest BCUT2D eigenvalue weighted by Crippen LogP contribution is 2.21. The van der Waals surface area contributed by atoms with Gasteiger partial charge in [-0.15, -0.1) is 0 Å². The maximum absolute atomic E-state index is 13.7. The number of hydrogen-bond acceptors (Lipinski definition) is 10. The summed E-state index contributed by atoms with van der Waals surface area (Å²) in [5.74, 6) is -0.150. The molecule has 0 saturated heterocycles. The normalized spacial score (nSPS) is 15.1. The first kappa shape index (κ1) is 25.2. The van der Waals surface area contributed by atoms with Crippen LogP contribution in [-0.2, 0) is 4.79 Å². The molecule has 0 bridgehead atoms. The van der Waals surface area contributed by atoms with Crippen LogP contribution in [0.4, 0.5) is 5.82 Å². The van der Waals surface area contributed by atoms with E-state index in [0.29, 0.717) is 17.6 Å². The Labute approximate surface area is 204 Å². The number of rotatable bonds is 11. The number of ketones is 1. The van der Waals surface area contributed by atoms with Crippen LogP contribution in [0.3, 0.4) is 0 Å². The molecule has 0 radical (unpaired) electrons. The minimum atomic E-state index is -1.20. The van der Waals surface area contributed by atoms with Gasteiger partial charge in [-0.2, -0.15) is 9.97 Å². The SMILES string of the molecule is CN/C=C(\C(=N)C(=O)C(Nc1cc(OC)nc(OC)n1)C(=N)/C=C1/CCC=CN1)c1ccccc1. The lowest BCUT2D eigenvalue weighted by atomic mass is 9.93. The number of allylic oxidation sites excluding steroid dienone is 3. The molecule has 1 aromatic carbocycles. The summed E-state index contributed by atoms with van der Waals surface area (Å²) in [6.45, 7) is 0. The van der Waals surface area contributed by atoms with Crippen molar-refractivity contribution in [2.75, 3.05) is 26.6 Å². The predicted molar refractivity (Wildman–Crippen MR) is 136 cm³/mol. The van der Waals surface area contributed by atoms with Gasteiger partial charge in [0.2, 0.25) is 11.7 Å². The molecule has 3 rings (SSSR count). The number of nitrogens with one attached hydrogen (secondary N) is 5. The van der Waals surface area contributed by atoms with Gasteiger partial charge >= 0.3 is 6.01 Å². The number of anilines is 1. The van der Waals surface area contributed by atoms with E-state index in [1.807, 2.05) is 36.4 Å². The van der Waals surface area contributed by atoms with Gasteiger partial charge in [0.1, 0.15) is 17.6 Å². The highest BCUT2D eigenvalue weighted by Gasteiger charge is 2.29. The van der Waals surface area contributed by atoms with E-state index in [4.69, 9.17) is 20.3 Å². The molecule has 2 aromatic rings. The van der Waals surface area contributed by atoms with E-state index < -0.39 is 11.8 Å². The van der Waals surface area contributed by atoms with Crippen molar-refractivity contribution in [1.82, 2.24) is 20.6 Å². The minimum absolute atomic E-state index is 0.0223. The quantitative estimate of drug-likeness (QED) is 0.312. The molecule has 5 N–H and O–H groups in total. The van der Waals surface area contributed by atoms with Gasteiger partial charge in [0, 0.05) is 30.6 Å². The Hall–Kier alpha value is -4.47. The number of aromatic nitrogens is 2. The molecule has 1 aliphatic heterocycles. The van der Waals surface area contributed by atoms with Crippen molar-refractivity contribution >= 4 is 28.6 Å². The fraction of sp³-hybridized carbons (Fsp3) is 0.240. The summed E-state index contributed by atoms with van der Waals surface area (Å²) < 4.78 is 10.3. The zero-order valence-corrected chi connectivity index (χ0v) is 19.9. The third kappa shape index (κ3) is 6.53. The Kier molecular flexibility index (Phi) is 8.71. The van der Waals surface area contributed by atoms with Crippen LogP contribution in [0, 0.1) is 10.8 Å². The molecule has 0 aliphatic carbocycles. The van der Waals surface area contributed by atoms with Crippen molar-refractivity contribution in [2.45, 2.75) is 18.9 Å². The van der Waals surface area contributed by atoms with E-state index in [-0.39, 0.29) is 29.1 Å². The number of carbonyl (C=O) groups is 1. The molecule has 0 saturated carbocycles. The molecule has 10 heteroatoms. The summed E-state index contributed by atoms with van der Waals surface area (Å²) in [5, 5.41) is 26.5. The zero-order chi connectivity index (χ0) is 25.2. The summed E-state index contributed by atoms with van der Waals surface area (Å²) in [6, 6.07) is 9.50. The third-order valence-electron chi connectivity index (χ3n) is 5.13. The van der Waals surface area contributed by atoms with Crippen LogP contribution in [-0.4, -0.2) is 54.5 Å². The van der Waals surface area contributed by atoms with Crippen molar-refractivity contribution in [3.8, 4) is 11.9 Å². The number of nitrogens with zero attached hydrogens (tertiary/aromatic N) is 2. The standard InChI is InChI=1S/C25H29N7O3/c1-28-15-18(16-9-5-4-6-10-16)22(27)24(33)23(19(26)13-17-11-7-8-12-29-17)30-20-14-21(34-2)32-25(31-20)35-3/h4-6,8-10,12-15,23,26-29H,7,11H2,1-3H3,(H,30,31,32)/b17-13-,18-15-,26-19?,27-22?. The molecule has 1 unspecified atom stereocenters. The van der Waals surface area contributed by atoms with Gasteiger partial charge in [-0.3, -0.25) is 10.2 Å². The van der Waals surface area contributed by atoms with E-state index >= 15 is 0 Å². The Bertz CT molecular complexity index is 1150. The second-order valence-corrected chi connectivity index (χ2v) is 7.52. The zero-order valence-electron chi connectivity index (χ0n) is 19.9. The van der Waals surface area contributed by atoms with Crippen molar-refractivity contribution in [2.24, 2.45) is 0 Å². The van der Waals surface area contributed by atoms with Crippen LogP contribution in [0.25, 0.3) is 5.57 Å². The number of methoxy groups -OCH3 is 2. The van der Waals surface area contributed by atoms with Crippen LogP contribution >= 0.6 is 0 Å². The molecule has 35 heavy (non-hydrogen) atoms. The molecule has 2 heterocycles. The fourth-order valence-electron chi connectivity index (χ4n) is 3.39. The highest BCUT2D eigenvalue weighted by molar-refractivity contribution is 6.59. The van der Waals surface area contributed by atoms with E-state index in [2.05, 4.69) is 25.9 Å². The average molecular weight is 476 g/mol. The van der Waals surface area contributed by atoms with Crippen molar-refractivity contribution in [1.29, 1.82) is 10.8 Å². The maximum atomic E-state index is 13.7. The molecular weight excluding hydrogens is 446 g/mol. The molecular formula is C25H29N7O3. The van der Waals surface area contributed by atoms with E-state index in [1.165, 1.54) is 20.3 Å². The number of ether oxygens (including phenoxy) is 2. The van der Waals surface area contributed by atoms with Crippen LogP contribution in [0.15, 0.2) is 66.6 Å². The lowest BCUT2D eigenvalue weighted by Gasteiger charge is -2.21.